The summed E-state index contributed by atoms with van der Waals surface area (Å²) in [6.07, 6.45) is 2.70. The van der Waals surface area contributed by atoms with Crippen molar-refractivity contribution in [2.75, 3.05) is 0 Å². The van der Waals surface area contributed by atoms with Gasteiger partial charge < -0.3 is 9.55 Å². The number of fused-ring (bicyclic) bond motifs is 1. The molecule has 0 aliphatic heterocycles. The Hall–Kier alpha value is -0.610. The SMILES string of the molecule is S=c1[nH]c2cc(Br)ccc2n1CC1CC1. The van der Waals surface area contributed by atoms with Crippen LogP contribution in [0.4, 0.5) is 0 Å². The largest absolute Gasteiger partial charge is 0.331 e. The summed E-state index contributed by atoms with van der Waals surface area (Å²) in [5, 5.41) is 0. The van der Waals surface area contributed by atoms with E-state index in [1.807, 2.05) is 0 Å². The highest BCUT2D eigenvalue weighted by Gasteiger charge is 2.22. The Labute approximate surface area is 101 Å². The van der Waals surface area contributed by atoms with Gasteiger partial charge in [0.05, 0.1) is 11.0 Å². The van der Waals surface area contributed by atoms with E-state index in [4.69, 9.17) is 12.2 Å². The van der Waals surface area contributed by atoms with E-state index < -0.39 is 0 Å². The quantitative estimate of drug-likeness (QED) is 0.830. The summed E-state index contributed by atoms with van der Waals surface area (Å²) >= 11 is 8.80. The van der Waals surface area contributed by atoms with Crippen LogP contribution in [0.3, 0.4) is 0 Å². The predicted octanol–water partition coefficient (Wildman–Crippen LogP) is 3.87. The molecule has 0 saturated heterocycles. The minimum Gasteiger partial charge on any atom is -0.331 e. The van der Waals surface area contributed by atoms with E-state index in [0.29, 0.717) is 0 Å². The van der Waals surface area contributed by atoms with Gasteiger partial charge in [0.15, 0.2) is 4.77 Å². The number of halogens is 1. The van der Waals surface area contributed by atoms with Crippen LogP contribution in [0.2, 0.25) is 0 Å². The summed E-state index contributed by atoms with van der Waals surface area (Å²) < 4.78 is 4.15. The first-order valence-electron chi connectivity index (χ1n) is 5.12. The zero-order chi connectivity index (χ0) is 10.4. The van der Waals surface area contributed by atoms with Gasteiger partial charge in [0.25, 0.3) is 0 Å². The molecule has 1 saturated carbocycles. The van der Waals surface area contributed by atoms with Gasteiger partial charge in [0, 0.05) is 11.0 Å². The maximum absolute atomic E-state index is 5.33. The molecule has 1 aromatic heterocycles. The molecular weight excluding hydrogens is 272 g/mol. The van der Waals surface area contributed by atoms with E-state index >= 15 is 0 Å². The van der Waals surface area contributed by atoms with E-state index in [9.17, 15) is 0 Å². The van der Waals surface area contributed by atoms with E-state index in [-0.39, 0.29) is 0 Å². The van der Waals surface area contributed by atoms with Crippen LogP contribution in [0, 0.1) is 10.7 Å². The van der Waals surface area contributed by atoms with Crippen molar-refractivity contribution in [2.24, 2.45) is 5.92 Å². The standard InChI is InChI=1S/C11H11BrN2S/c12-8-3-4-10-9(5-8)13-11(15)14(10)6-7-1-2-7/h3-5,7H,1-2,6H2,(H,13,15). The highest BCUT2D eigenvalue weighted by atomic mass is 79.9. The number of aromatic amines is 1. The molecule has 0 unspecified atom stereocenters. The van der Waals surface area contributed by atoms with Crippen LogP contribution in [0.5, 0.6) is 0 Å². The smallest absolute Gasteiger partial charge is 0.178 e. The van der Waals surface area contributed by atoms with Crippen molar-refractivity contribution >= 4 is 39.2 Å². The molecule has 1 heterocycles. The fraction of sp³-hybridized carbons (Fsp3) is 0.364. The molecule has 4 heteroatoms. The Morgan fingerprint density at radius 1 is 1.47 bits per heavy atom. The maximum Gasteiger partial charge on any atom is 0.178 e. The minimum atomic E-state index is 0.843. The van der Waals surface area contributed by atoms with Gasteiger partial charge in [-0.05, 0) is 49.2 Å². The van der Waals surface area contributed by atoms with Gasteiger partial charge in [0.2, 0.25) is 0 Å². The summed E-state index contributed by atoms with van der Waals surface area (Å²) in [6, 6.07) is 6.26. The second kappa shape index (κ2) is 3.46. The molecule has 0 radical (unpaired) electrons. The van der Waals surface area contributed by atoms with Crippen LogP contribution in [-0.2, 0) is 6.54 Å². The zero-order valence-corrected chi connectivity index (χ0v) is 10.6. The van der Waals surface area contributed by atoms with E-state index in [1.165, 1.54) is 18.4 Å². The topological polar surface area (TPSA) is 20.7 Å². The monoisotopic (exact) mass is 282 g/mol. The van der Waals surface area contributed by atoms with Gasteiger partial charge in [-0.2, -0.15) is 0 Å². The van der Waals surface area contributed by atoms with Crippen molar-refractivity contribution in [2.45, 2.75) is 19.4 Å². The third-order valence-electron chi connectivity index (χ3n) is 2.87. The number of imidazole rings is 1. The summed E-state index contributed by atoms with van der Waals surface area (Å²) in [5.74, 6) is 0.847. The Morgan fingerprint density at radius 2 is 2.27 bits per heavy atom. The summed E-state index contributed by atoms with van der Waals surface area (Å²) in [7, 11) is 0. The molecular formula is C11H11BrN2S. The van der Waals surface area contributed by atoms with Crippen LogP contribution in [-0.4, -0.2) is 9.55 Å². The highest BCUT2D eigenvalue weighted by molar-refractivity contribution is 9.10. The number of rotatable bonds is 2. The molecule has 2 nitrogen and oxygen atoms in total. The molecule has 0 atom stereocenters. The number of aromatic nitrogens is 2. The van der Waals surface area contributed by atoms with Gasteiger partial charge in [-0.1, -0.05) is 15.9 Å². The average molecular weight is 283 g/mol. The van der Waals surface area contributed by atoms with Crippen LogP contribution in [0.25, 0.3) is 11.0 Å². The van der Waals surface area contributed by atoms with Gasteiger partial charge >= 0.3 is 0 Å². The van der Waals surface area contributed by atoms with Gasteiger partial charge in [-0.3, -0.25) is 0 Å². The molecule has 0 amide bonds. The number of nitrogens with one attached hydrogen (secondary N) is 1. The minimum absolute atomic E-state index is 0.843. The Balaban J connectivity index is 2.18. The average Bonchev–Trinajstić information content (AvgIpc) is 2.93. The second-order valence-electron chi connectivity index (χ2n) is 4.15. The molecule has 1 fully saturated rings. The van der Waals surface area contributed by atoms with Crippen molar-refractivity contribution in [3.63, 3.8) is 0 Å². The van der Waals surface area contributed by atoms with Crippen LogP contribution >= 0.6 is 28.1 Å². The first-order valence-corrected chi connectivity index (χ1v) is 6.32. The van der Waals surface area contributed by atoms with Gasteiger partial charge in [0.1, 0.15) is 0 Å². The lowest BCUT2D eigenvalue weighted by Gasteiger charge is -2.02. The number of H-pyrrole nitrogens is 1. The van der Waals surface area contributed by atoms with E-state index in [1.54, 1.807) is 0 Å². The van der Waals surface area contributed by atoms with Gasteiger partial charge in [-0.15, -0.1) is 0 Å². The predicted molar refractivity (Wildman–Crippen MR) is 67.5 cm³/mol. The van der Waals surface area contributed by atoms with Crippen molar-refractivity contribution in [1.29, 1.82) is 0 Å². The van der Waals surface area contributed by atoms with E-state index in [0.717, 1.165) is 27.2 Å². The fourth-order valence-electron chi connectivity index (χ4n) is 1.88. The summed E-state index contributed by atoms with van der Waals surface area (Å²) in [5.41, 5.74) is 2.34. The highest BCUT2D eigenvalue weighted by Crippen LogP contribution is 2.32. The summed E-state index contributed by atoms with van der Waals surface area (Å²) in [6.45, 7) is 1.07. The van der Waals surface area contributed by atoms with Gasteiger partial charge in [-0.25, -0.2) is 0 Å². The maximum atomic E-state index is 5.33. The van der Waals surface area contributed by atoms with E-state index in [2.05, 4.69) is 43.7 Å². The zero-order valence-electron chi connectivity index (χ0n) is 8.16. The fourth-order valence-corrected chi connectivity index (χ4v) is 2.52. The van der Waals surface area contributed by atoms with Crippen LogP contribution in [0.1, 0.15) is 12.8 Å². The lowest BCUT2D eigenvalue weighted by molar-refractivity contribution is 0.635. The summed E-state index contributed by atoms with van der Waals surface area (Å²) in [4.78, 5) is 3.25. The molecule has 78 valence electrons. The number of benzene rings is 1. The number of nitrogens with zero attached hydrogens (tertiary/aromatic N) is 1. The lowest BCUT2D eigenvalue weighted by atomic mass is 10.3. The molecule has 1 N–H and O–H groups in total. The molecule has 2 aromatic rings. The molecule has 15 heavy (non-hydrogen) atoms. The molecule has 0 spiro atoms. The molecule has 1 aliphatic carbocycles. The van der Waals surface area contributed by atoms with Crippen LogP contribution in [0.15, 0.2) is 22.7 Å². The second-order valence-corrected chi connectivity index (χ2v) is 5.45. The van der Waals surface area contributed by atoms with Crippen LogP contribution < -0.4 is 0 Å². The lowest BCUT2D eigenvalue weighted by Crippen LogP contribution is -1.98. The Bertz CT molecular complexity index is 565. The Morgan fingerprint density at radius 3 is 3.00 bits per heavy atom. The Kier molecular flexibility index (Phi) is 2.21. The molecule has 3 rings (SSSR count). The number of hydrogen-bond acceptors (Lipinski definition) is 1. The first-order chi connectivity index (χ1) is 7.24. The van der Waals surface area contributed by atoms with Crippen molar-refractivity contribution in [3.05, 3.63) is 27.4 Å². The van der Waals surface area contributed by atoms with Crippen molar-refractivity contribution in [3.8, 4) is 0 Å². The third-order valence-corrected chi connectivity index (χ3v) is 3.69. The molecule has 0 bridgehead atoms. The first kappa shape index (κ1) is 9.60. The van der Waals surface area contributed by atoms with Crippen molar-refractivity contribution in [1.82, 2.24) is 9.55 Å². The number of hydrogen-bond donors (Lipinski definition) is 1. The molecule has 1 aromatic carbocycles. The normalized spacial score (nSPS) is 16.1. The molecule has 1 aliphatic rings. The van der Waals surface area contributed by atoms with Crippen molar-refractivity contribution < 1.29 is 0 Å². The third kappa shape index (κ3) is 1.76.